The number of aromatic amines is 1. The van der Waals surface area contributed by atoms with Crippen LogP contribution in [0.2, 0.25) is 0 Å². The van der Waals surface area contributed by atoms with Crippen LogP contribution in [0.1, 0.15) is 38.2 Å². The molecule has 1 heterocycles. The largest absolute Gasteiger partial charge is 0.374 e. The highest BCUT2D eigenvalue weighted by molar-refractivity contribution is 5.62. The number of H-pyrrole nitrogens is 1. The molecule has 3 nitrogen and oxygen atoms in total. The predicted octanol–water partition coefficient (Wildman–Crippen LogP) is 3.74. The highest BCUT2D eigenvalue weighted by Gasteiger charge is 2.14. The molecule has 0 saturated heterocycles. The van der Waals surface area contributed by atoms with Gasteiger partial charge in [0.15, 0.2) is 0 Å². The van der Waals surface area contributed by atoms with E-state index < -0.39 is 0 Å². The van der Waals surface area contributed by atoms with Crippen LogP contribution >= 0.6 is 0 Å². The average Bonchev–Trinajstić information content (AvgIpc) is 2.82. The van der Waals surface area contributed by atoms with Crippen LogP contribution in [0.4, 0.5) is 0 Å². The summed E-state index contributed by atoms with van der Waals surface area (Å²) in [4.78, 5) is 8.04. The van der Waals surface area contributed by atoms with Crippen molar-refractivity contribution in [1.82, 2.24) is 9.97 Å². The van der Waals surface area contributed by atoms with Gasteiger partial charge < -0.3 is 9.72 Å². The molecule has 0 saturated carbocycles. The van der Waals surface area contributed by atoms with Gasteiger partial charge in [0.2, 0.25) is 0 Å². The van der Waals surface area contributed by atoms with E-state index in [4.69, 9.17) is 4.74 Å². The monoisotopic (exact) mass is 244 g/mol. The Hall–Kier alpha value is -1.61. The van der Waals surface area contributed by atoms with Gasteiger partial charge in [-0.05, 0) is 12.8 Å². The second kappa shape index (κ2) is 5.83. The molecule has 3 heteroatoms. The average molecular weight is 244 g/mol. The summed E-state index contributed by atoms with van der Waals surface area (Å²) in [5.74, 6) is 1.32. The van der Waals surface area contributed by atoms with E-state index in [1.165, 1.54) is 5.69 Å². The molecular formula is C15H20N2O. The Balaban J connectivity index is 2.36. The molecule has 96 valence electrons. The number of aromatic nitrogens is 2. The summed E-state index contributed by atoms with van der Waals surface area (Å²) in [5.41, 5.74) is 3.37. The third kappa shape index (κ3) is 2.79. The maximum absolute atomic E-state index is 5.41. The van der Waals surface area contributed by atoms with E-state index in [1.807, 2.05) is 25.1 Å². The van der Waals surface area contributed by atoms with Gasteiger partial charge in [0.25, 0.3) is 0 Å². The molecule has 0 radical (unpaired) electrons. The third-order valence-electron chi connectivity index (χ3n) is 2.85. The number of hydrogen-bond donors (Lipinski definition) is 1. The lowest BCUT2D eigenvalue weighted by molar-refractivity contribution is 0.129. The van der Waals surface area contributed by atoms with Gasteiger partial charge in [0, 0.05) is 17.9 Å². The van der Waals surface area contributed by atoms with Gasteiger partial charge in [-0.15, -0.1) is 0 Å². The normalized spacial score (nSPS) is 11.1. The molecule has 2 aromatic rings. The van der Waals surface area contributed by atoms with E-state index in [0.717, 1.165) is 17.1 Å². The molecule has 0 spiro atoms. The van der Waals surface area contributed by atoms with Crippen LogP contribution in [0, 0.1) is 0 Å². The summed E-state index contributed by atoms with van der Waals surface area (Å²) in [7, 11) is 0. The molecule has 18 heavy (non-hydrogen) atoms. The summed E-state index contributed by atoms with van der Waals surface area (Å²) in [6, 6.07) is 10.3. The van der Waals surface area contributed by atoms with Crippen molar-refractivity contribution in [2.24, 2.45) is 0 Å². The minimum Gasteiger partial charge on any atom is -0.374 e. The van der Waals surface area contributed by atoms with Gasteiger partial charge >= 0.3 is 0 Å². The number of benzene rings is 1. The van der Waals surface area contributed by atoms with Gasteiger partial charge in [-0.1, -0.05) is 44.2 Å². The second-order valence-electron chi connectivity index (χ2n) is 4.60. The van der Waals surface area contributed by atoms with Gasteiger partial charge in [-0.3, -0.25) is 0 Å². The standard InChI is InChI=1S/C15H20N2O/c1-4-18-10-13-16-14(11(2)3)15(17-13)12-8-6-5-7-9-12/h5-9,11H,4,10H2,1-3H3,(H,16,17). The van der Waals surface area contributed by atoms with Crippen molar-refractivity contribution < 1.29 is 4.74 Å². The third-order valence-corrected chi connectivity index (χ3v) is 2.85. The highest BCUT2D eigenvalue weighted by atomic mass is 16.5. The zero-order valence-corrected chi connectivity index (χ0v) is 11.2. The van der Waals surface area contributed by atoms with Crippen molar-refractivity contribution in [2.75, 3.05) is 6.61 Å². The maximum Gasteiger partial charge on any atom is 0.133 e. The smallest absolute Gasteiger partial charge is 0.133 e. The summed E-state index contributed by atoms with van der Waals surface area (Å²) in [6.07, 6.45) is 0. The van der Waals surface area contributed by atoms with Gasteiger partial charge in [-0.2, -0.15) is 0 Å². The van der Waals surface area contributed by atoms with E-state index in [-0.39, 0.29) is 0 Å². The lowest BCUT2D eigenvalue weighted by Crippen LogP contribution is -1.94. The fourth-order valence-corrected chi connectivity index (χ4v) is 1.94. The van der Waals surface area contributed by atoms with Crippen molar-refractivity contribution in [3.05, 3.63) is 41.9 Å². The van der Waals surface area contributed by atoms with Gasteiger partial charge in [0.1, 0.15) is 12.4 Å². The van der Waals surface area contributed by atoms with E-state index in [2.05, 4.69) is 35.9 Å². The first-order valence-corrected chi connectivity index (χ1v) is 6.44. The number of nitrogens with one attached hydrogen (secondary N) is 1. The van der Waals surface area contributed by atoms with E-state index in [1.54, 1.807) is 0 Å². The van der Waals surface area contributed by atoms with Crippen LogP contribution in [0.5, 0.6) is 0 Å². The van der Waals surface area contributed by atoms with Crippen molar-refractivity contribution in [2.45, 2.75) is 33.3 Å². The Kier molecular flexibility index (Phi) is 4.15. The molecule has 1 aromatic heterocycles. The number of rotatable bonds is 5. The summed E-state index contributed by atoms with van der Waals surface area (Å²) < 4.78 is 5.41. The molecule has 2 rings (SSSR count). The first-order valence-electron chi connectivity index (χ1n) is 6.44. The summed E-state index contributed by atoms with van der Waals surface area (Å²) in [6.45, 7) is 7.58. The SMILES string of the molecule is CCOCc1nc(-c2ccccc2)c(C(C)C)[nH]1. The first kappa shape index (κ1) is 12.8. The number of hydrogen-bond acceptors (Lipinski definition) is 2. The van der Waals surface area contributed by atoms with Gasteiger partial charge in [0.05, 0.1) is 5.69 Å². The van der Waals surface area contributed by atoms with Crippen LogP contribution in [-0.4, -0.2) is 16.6 Å². The molecular weight excluding hydrogens is 224 g/mol. The molecule has 0 aliphatic heterocycles. The van der Waals surface area contributed by atoms with E-state index in [9.17, 15) is 0 Å². The maximum atomic E-state index is 5.41. The fraction of sp³-hybridized carbons (Fsp3) is 0.400. The molecule has 0 atom stereocenters. The van der Waals surface area contributed by atoms with Crippen molar-refractivity contribution >= 4 is 0 Å². The lowest BCUT2D eigenvalue weighted by atomic mass is 10.0. The van der Waals surface area contributed by atoms with E-state index >= 15 is 0 Å². The quantitative estimate of drug-likeness (QED) is 0.870. The van der Waals surface area contributed by atoms with E-state index in [0.29, 0.717) is 19.1 Å². The second-order valence-corrected chi connectivity index (χ2v) is 4.60. The number of ether oxygens (including phenoxy) is 1. The van der Waals surface area contributed by atoms with Crippen LogP contribution in [0.3, 0.4) is 0 Å². The Morgan fingerprint density at radius 3 is 2.56 bits per heavy atom. The zero-order chi connectivity index (χ0) is 13.0. The minimum atomic E-state index is 0.420. The van der Waals surface area contributed by atoms with Crippen molar-refractivity contribution in [1.29, 1.82) is 0 Å². The van der Waals surface area contributed by atoms with Crippen LogP contribution in [0.25, 0.3) is 11.3 Å². The van der Waals surface area contributed by atoms with Crippen LogP contribution < -0.4 is 0 Å². The van der Waals surface area contributed by atoms with Crippen LogP contribution in [-0.2, 0) is 11.3 Å². The van der Waals surface area contributed by atoms with Crippen LogP contribution in [0.15, 0.2) is 30.3 Å². The Bertz CT molecular complexity index is 488. The first-order chi connectivity index (χ1) is 8.72. The van der Waals surface area contributed by atoms with Crippen molar-refractivity contribution in [3.8, 4) is 11.3 Å². The molecule has 0 aliphatic carbocycles. The Labute approximate surface area is 108 Å². The summed E-state index contributed by atoms with van der Waals surface area (Å²) in [5, 5.41) is 0. The number of imidazole rings is 1. The zero-order valence-electron chi connectivity index (χ0n) is 11.2. The molecule has 1 N–H and O–H groups in total. The molecule has 0 amide bonds. The molecule has 1 aromatic carbocycles. The van der Waals surface area contributed by atoms with Crippen molar-refractivity contribution in [3.63, 3.8) is 0 Å². The number of nitrogens with zero attached hydrogens (tertiary/aromatic N) is 1. The Morgan fingerprint density at radius 1 is 1.22 bits per heavy atom. The molecule has 0 aliphatic rings. The van der Waals surface area contributed by atoms with Gasteiger partial charge in [-0.25, -0.2) is 4.98 Å². The highest BCUT2D eigenvalue weighted by Crippen LogP contribution is 2.27. The molecule has 0 fully saturated rings. The molecule has 0 bridgehead atoms. The Morgan fingerprint density at radius 2 is 1.94 bits per heavy atom. The minimum absolute atomic E-state index is 0.420. The lowest BCUT2D eigenvalue weighted by Gasteiger charge is -2.05. The fourth-order valence-electron chi connectivity index (χ4n) is 1.94. The predicted molar refractivity (Wildman–Crippen MR) is 73.4 cm³/mol. The molecule has 0 unspecified atom stereocenters. The summed E-state index contributed by atoms with van der Waals surface area (Å²) >= 11 is 0. The topological polar surface area (TPSA) is 37.9 Å².